The van der Waals surface area contributed by atoms with E-state index in [-0.39, 0.29) is 5.91 Å². The molecule has 1 unspecified atom stereocenters. The van der Waals surface area contributed by atoms with E-state index in [4.69, 9.17) is 21.1 Å². The van der Waals surface area contributed by atoms with Gasteiger partial charge in [-0.25, -0.2) is 0 Å². The van der Waals surface area contributed by atoms with E-state index in [0.29, 0.717) is 23.9 Å². The van der Waals surface area contributed by atoms with Gasteiger partial charge in [-0.2, -0.15) is 0 Å². The van der Waals surface area contributed by atoms with Crippen LogP contribution in [0.25, 0.3) is 0 Å². The van der Waals surface area contributed by atoms with Gasteiger partial charge in [-0.1, -0.05) is 24.9 Å². The molecule has 1 aromatic rings. The predicted octanol–water partition coefficient (Wildman–Crippen LogP) is 4.19. The van der Waals surface area contributed by atoms with Gasteiger partial charge in [0.15, 0.2) is 6.10 Å². The lowest BCUT2D eigenvalue weighted by Gasteiger charge is -2.16. The number of hydrogen-bond donors (Lipinski definition) is 1. The molecule has 6 heteroatoms. The van der Waals surface area contributed by atoms with Crippen LogP contribution < -0.4 is 10.1 Å². The largest absolute Gasteiger partial charge is 0.480 e. The standard InChI is InChI=1S/C16H23BrClNO3/c1-3-4-9-21-10-5-8-19-16(20)12(2)22-15-7-6-13(18)11-14(15)17/h6-7,11-12H,3-5,8-10H2,1-2H3,(H,19,20). The molecule has 1 amide bonds. The first-order valence-corrected chi connectivity index (χ1v) is 8.68. The Labute approximate surface area is 145 Å². The summed E-state index contributed by atoms with van der Waals surface area (Å²) in [5.41, 5.74) is 0. The molecule has 0 saturated carbocycles. The Bertz CT molecular complexity index is 471. The van der Waals surface area contributed by atoms with Crippen LogP contribution in [0.3, 0.4) is 0 Å². The van der Waals surface area contributed by atoms with Crippen molar-refractivity contribution in [3.63, 3.8) is 0 Å². The Morgan fingerprint density at radius 1 is 1.36 bits per heavy atom. The molecule has 1 N–H and O–H groups in total. The van der Waals surface area contributed by atoms with Gasteiger partial charge in [-0.3, -0.25) is 4.79 Å². The van der Waals surface area contributed by atoms with Crippen LogP contribution in [0, 0.1) is 0 Å². The summed E-state index contributed by atoms with van der Waals surface area (Å²) in [4.78, 5) is 11.9. The number of carbonyl (C=O) groups is 1. The molecule has 1 aromatic carbocycles. The van der Waals surface area contributed by atoms with Crippen LogP contribution in [0.2, 0.25) is 5.02 Å². The van der Waals surface area contributed by atoms with Gasteiger partial charge >= 0.3 is 0 Å². The Balaban J connectivity index is 2.24. The molecule has 0 aliphatic carbocycles. The van der Waals surface area contributed by atoms with Crippen molar-refractivity contribution in [2.75, 3.05) is 19.8 Å². The quantitative estimate of drug-likeness (QED) is 0.607. The molecule has 0 bridgehead atoms. The van der Waals surface area contributed by atoms with Gasteiger partial charge in [0.25, 0.3) is 5.91 Å². The van der Waals surface area contributed by atoms with Crippen molar-refractivity contribution < 1.29 is 14.3 Å². The summed E-state index contributed by atoms with van der Waals surface area (Å²) in [7, 11) is 0. The summed E-state index contributed by atoms with van der Waals surface area (Å²) in [5, 5.41) is 3.45. The van der Waals surface area contributed by atoms with E-state index < -0.39 is 6.10 Å². The Hall–Kier alpha value is -0.780. The zero-order valence-corrected chi connectivity index (χ0v) is 15.4. The van der Waals surface area contributed by atoms with Crippen molar-refractivity contribution in [2.24, 2.45) is 0 Å². The number of carbonyl (C=O) groups excluding carboxylic acids is 1. The SMILES string of the molecule is CCCCOCCCNC(=O)C(C)Oc1ccc(Cl)cc1Br. The molecule has 0 aliphatic rings. The van der Waals surface area contributed by atoms with Crippen molar-refractivity contribution >= 4 is 33.4 Å². The van der Waals surface area contributed by atoms with Gasteiger partial charge in [0, 0.05) is 24.8 Å². The molecule has 0 aliphatic heterocycles. The summed E-state index contributed by atoms with van der Waals surface area (Å²) in [5.74, 6) is 0.449. The number of amides is 1. The molecule has 22 heavy (non-hydrogen) atoms. The summed E-state index contributed by atoms with van der Waals surface area (Å²) >= 11 is 9.23. The summed E-state index contributed by atoms with van der Waals surface area (Å²) < 4.78 is 11.8. The lowest BCUT2D eigenvalue weighted by Crippen LogP contribution is -2.37. The van der Waals surface area contributed by atoms with E-state index in [9.17, 15) is 4.79 Å². The van der Waals surface area contributed by atoms with E-state index >= 15 is 0 Å². The van der Waals surface area contributed by atoms with Crippen LogP contribution in [0.4, 0.5) is 0 Å². The van der Waals surface area contributed by atoms with Crippen molar-refractivity contribution in [3.05, 3.63) is 27.7 Å². The molecule has 0 saturated heterocycles. The second-order valence-electron chi connectivity index (χ2n) is 4.95. The molecular formula is C16H23BrClNO3. The fourth-order valence-electron chi connectivity index (χ4n) is 1.69. The van der Waals surface area contributed by atoms with Crippen LogP contribution in [0.5, 0.6) is 5.75 Å². The maximum absolute atomic E-state index is 11.9. The predicted molar refractivity (Wildman–Crippen MR) is 92.6 cm³/mol. The molecule has 0 heterocycles. The fourth-order valence-corrected chi connectivity index (χ4v) is 2.47. The maximum Gasteiger partial charge on any atom is 0.260 e. The minimum atomic E-state index is -0.571. The highest BCUT2D eigenvalue weighted by Gasteiger charge is 2.15. The lowest BCUT2D eigenvalue weighted by atomic mass is 10.3. The Kier molecular flexibility index (Phi) is 9.52. The first-order chi connectivity index (χ1) is 10.5. The smallest absolute Gasteiger partial charge is 0.260 e. The average Bonchev–Trinajstić information content (AvgIpc) is 2.48. The van der Waals surface area contributed by atoms with E-state index in [1.165, 1.54) is 0 Å². The topological polar surface area (TPSA) is 47.6 Å². The minimum Gasteiger partial charge on any atom is -0.480 e. The van der Waals surface area contributed by atoms with Crippen LogP contribution >= 0.6 is 27.5 Å². The highest BCUT2D eigenvalue weighted by Crippen LogP contribution is 2.28. The number of ether oxygens (including phenoxy) is 2. The number of benzene rings is 1. The van der Waals surface area contributed by atoms with Crippen LogP contribution in [0.1, 0.15) is 33.1 Å². The summed E-state index contributed by atoms with van der Waals surface area (Å²) in [6.07, 6.45) is 2.43. The van der Waals surface area contributed by atoms with Crippen LogP contribution in [0.15, 0.2) is 22.7 Å². The number of hydrogen-bond acceptors (Lipinski definition) is 3. The Morgan fingerprint density at radius 3 is 2.77 bits per heavy atom. The number of rotatable bonds is 10. The molecule has 4 nitrogen and oxygen atoms in total. The van der Waals surface area contributed by atoms with Crippen LogP contribution in [-0.2, 0) is 9.53 Å². The molecule has 0 radical (unpaired) electrons. The summed E-state index contributed by atoms with van der Waals surface area (Å²) in [6, 6.07) is 5.19. The third-order valence-corrected chi connectivity index (χ3v) is 3.83. The second kappa shape index (κ2) is 10.9. The molecule has 124 valence electrons. The zero-order chi connectivity index (χ0) is 16.4. The molecule has 0 spiro atoms. The summed E-state index contributed by atoms with van der Waals surface area (Å²) in [6.45, 7) is 5.88. The third-order valence-electron chi connectivity index (χ3n) is 2.97. The van der Waals surface area contributed by atoms with Crippen molar-refractivity contribution in [3.8, 4) is 5.75 Å². The van der Waals surface area contributed by atoms with Gasteiger partial charge in [-0.15, -0.1) is 0 Å². The van der Waals surface area contributed by atoms with Crippen molar-refractivity contribution in [1.82, 2.24) is 5.32 Å². The molecule has 0 fully saturated rings. The first-order valence-electron chi connectivity index (χ1n) is 7.51. The lowest BCUT2D eigenvalue weighted by molar-refractivity contribution is -0.127. The maximum atomic E-state index is 11.9. The average molecular weight is 393 g/mol. The van der Waals surface area contributed by atoms with E-state index in [1.54, 1.807) is 25.1 Å². The van der Waals surface area contributed by atoms with E-state index in [2.05, 4.69) is 28.2 Å². The number of nitrogens with one attached hydrogen (secondary N) is 1. The van der Waals surface area contributed by atoms with Gasteiger partial charge < -0.3 is 14.8 Å². The van der Waals surface area contributed by atoms with Crippen molar-refractivity contribution in [2.45, 2.75) is 39.2 Å². The first kappa shape index (κ1) is 19.3. The number of halogens is 2. The highest BCUT2D eigenvalue weighted by atomic mass is 79.9. The second-order valence-corrected chi connectivity index (χ2v) is 6.24. The van der Waals surface area contributed by atoms with Crippen LogP contribution in [-0.4, -0.2) is 31.8 Å². The number of unbranched alkanes of at least 4 members (excludes halogenated alkanes) is 1. The van der Waals surface area contributed by atoms with Crippen molar-refractivity contribution in [1.29, 1.82) is 0 Å². The molecule has 1 atom stereocenters. The van der Waals surface area contributed by atoms with Gasteiger partial charge in [0.2, 0.25) is 0 Å². The molecule has 1 rings (SSSR count). The minimum absolute atomic E-state index is 0.143. The van der Waals surface area contributed by atoms with Gasteiger partial charge in [0.1, 0.15) is 5.75 Å². The monoisotopic (exact) mass is 391 g/mol. The zero-order valence-electron chi connectivity index (χ0n) is 13.0. The van der Waals surface area contributed by atoms with E-state index in [1.807, 2.05) is 0 Å². The fraction of sp³-hybridized carbons (Fsp3) is 0.562. The molecule has 0 aromatic heterocycles. The van der Waals surface area contributed by atoms with Gasteiger partial charge in [0.05, 0.1) is 4.47 Å². The highest BCUT2D eigenvalue weighted by molar-refractivity contribution is 9.10. The molecular weight excluding hydrogens is 370 g/mol. The third kappa shape index (κ3) is 7.47. The Morgan fingerprint density at radius 2 is 2.09 bits per heavy atom. The normalized spacial score (nSPS) is 12.0. The van der Waals surface area contributed by atoms with Gasteiger partial charge in [-0.05, 0) is 53.9 Å². The van der Waals surface area contributed by atoms with E-state index in [0.717, 1.165) is 30.3 Å².